The van der Waals surface area contributed by atoms with Crippen LogP contribution in [0, 0.1) is 18.3 Å². The third-order valence-corrected chi connectivity index (χ3v) is 2.00. The normalized spacial score (nSPS) is 9.87. The van der Waals surface area contributed by atoms with Gasteiger partial charge in [-0.25, -0.2) is 4.68 Å². The minimum atomic E-state index is 0.486. The minimum Gasteiger partial charge on any atom is -0.399 e. The number of nitrogen functional groups attached to an aromatic ring is 1. The summed E-state index contributed by atoms with van der Waals surface area (Å²) >= 11 is 0. The summed E-state index contributed by atoms with van der Waals surface area (Å²) in [5, 5.41) is 16.7. The van der Waals surface area contributed by atoms with E-state index < -0.39 is 0 Å². The van der Waals surface area contributed by atoms with E-state index in [-0.39, 0.29) is 0 Å². The highest BCUT2D eigenvalue weighted by atomic mass is 15.4. The standard InChI is InChI=1S/C10H9N5/c1-7-6-15(14-13-7)10-3-2-9(12)4-8(10)5-11/h2-4,6H,12H2,1H3. The largest absolute Gasteiger partial charge is 0.399 e. The van der Waals surface area contributed by atoms with E-state index in [1.807, 2.05) is 6.92 Å². The first-order chi connectivity index (χ1) is 7.20. The topological polar surface area (TPSA) is 80.5 Å². The van der Waals surface area contributed by atoms with Gasteiger partial charge in [0.05, 0.1) is 23.1 Å². The maximum Gasteiger partial charge on any atom is 0.101 e. The molecule has 1 aromatic heterocycles. The van der Waals surface area contributed by atoms with Crippen LogP contribution in [0.4, 0.5) is 5.69 Å². The fourth-order valence-electron chi connectivity index (χ4n) is 1.31. The highest BCUT2D eigenvalue weighted by Gasteiger charge is 2.06. The van der Waals surface area contributed by atoms with E-state index in [1.54, 1.807) is 29.1 Å². The second kappa shape index (κ2) is 3.42. The molecule has 1 heterocycles. The number of anilines is 1. The van der Waals surface area contributed by atoms with Gasteiger partial charge in [-0.05, 0) is 25.1 Å². The molecule has 0 fully saturated rings. The van der Waals surface area contributed by atoms with Gasteiger partial charge in [0.15, 0.2) is 0 Å². The summed E-state index contributed by atoms with van der Waals surface area (Å²) in [6.07, 6.45) is 1.76. The summed E-state index contributed by atoms with van der Waals surface area (Å²) in [7, 11) is 0. The van der Waals surface area contributed by atoms with E-state index in [1.165, 1.54) is 0 Å². The molecule has 2 N–H and O–H groups in total. The van der Waals surface area contributed by atoms with Gasteiger partial charge in [-0.3, -0.25) is 0 Å². The molecule has 2 rings (SSSR count). The van der Waals surface area contributed by atoms with Gasteiger partial charge in [0, 0.05) is 5.69 Å². The van der Waals surface area contributed by atoms with Crippen molar-refractivity contribution in [3.63, 3.8) is 0 Å². The van der Waals surface area contributed by atoms with Crippen LogP contribution in [0.2, 0.25) is 0 Å². The number of hydrogen-bond donors (Lipinski definition) is 1. The second-order valence-electron chi connectivity index (χ2n) is 3.19. The monoisotopic (exact) mass is 199 g/mol. The number of nitrogens with two attached hydrogens (primary N) is 1. The van der Waals surface area contributed by atoms with Crippen LogP contribution in [0.5, 0.6) is 0 Å². The van der Waals surface area contributed by atoms with Gasteiger partial charge in [0.25, 0.3) is 0 Å². The van der Waals surface area contributed by atoms with E-state index in [0.717, 1.165) is 5.69 Å². The predicted octanol–water partition coefficient (Wildman–Crippen LogP) is 1.03. The first-order valence-electron chi connectivity index (χ1n) is 4.39. The van der Waals surface area contributed by atoms with Crippen LogP contribution >= 0.6 is 0 Å². The van der Waals surface area contributed by atoms with E-state index >= 15 is 0 Å². The number of rotatable bonds is 1. The van der Waals surface area contributed by atoms with Gasteiger partial charge < -0.3 is 5.73 Å². The maximum absolute atomic E-state index is 8.94. The Morgan fingerprint density at radius 2 is 2.27 bits per heavy atom. The Bertz CT molecular complexity index is 535. The summed E-state index contributed by atoms with van der Waals surface area (Å²) in [5.41, 5.74) is 8.13. The third-order valence-electron chi connectivity index (χ3n) is 2.00. The molecule has 0 unspecified atom stereocenters. The van der Waals surface area contributed by atoms with Gasteiger partial charge >= 0.3 is 0 Å². The summed E-state index contributed by atoms with van der Waals surface area (Å²) < 4.78 is 1.56. The average Bonchev–Trinajstić information content (AvgIpc) is 2.64. The van der Waals surface area contributed by atoms with Crippen LogP contribution in [0.15, 0.2) is 24.4 Å². The lowest BCUT2D eigenvalue weighted by molar-refractivity contribution is 0.799. The van der Waals surface area contributed by atoms with Crippen LogP contribution in [0.3, 0.4) is 0 Å². The Kier molecular flexibility index (Phi) is 2.10. The highest BCUT2D eigenvalue weighted by Crippen LogP contribution is 2.16. The summed E-state index contributed by atoms with van der Waals surface area (Å²) in [5.74, 6) is 0. The molecule has 0 saturated heterocycles. The van der Waals surface area contributed by atoms with Crippen LogP contribution in [0.25, 0.3) is 5.69 Å². The van der Waals surface area contributed by atoms with Crippen molar-refractivity contribution in [2.45, 2.75) is 6.92 Å². The molecule has 0 spiro atoms. The molecule has 0 saturated carbocycles. The molecule has 0 atom stereocenters. The SMILES string of the molecule is Cc1cn(-c2ccc(N)cc2C#N)nn1. The number of aryl methyl sites for hydroxylation is 1. The van der Waals surface area contributed by atoms with Gasteiger partial charge in [0.2, 0.25) is 0 Å². The zero-order valence-electron chi connectivity index (χ0n) is 8.18. The van der Waals surface area contributed by atoms with Gasteiger partial charge in [-0.1, -0.05) is 5.21 Å². The van der Waals surface area contributed by atoms with E-state index in [4.69, 9.17) is 11.0 Å². The molecule has 74 valence electrons. The Hall–Kier alpha value is -2.35. The minimum absolute atomic E-state index is 0.486. The summed E-state index contributed by atoms with van der Waals surface area (Å²) in [6.45, 7) is 1.84. The van der Waals surface area contributed by atoms with E-state index in [0.29, 0.717) is 16.9 Å². The molecule has 1 aromatic carbocycles. The lowest BCUT2D eigenvalue weighted by atomic mass is 10.2. The van der Waals surface area contributed by atoms with E-state index in [2.05, 4.69) is 16.4 Å². The van der Waals surface area contributed by atoms with Crippen molar-refractivity contribution in [2.24, 2.45) is 0 Å². The molecule has 15 heavy (non-hydrogen) atoms. The van der Waals surface area contributed by atoms with Crippen LogP contribution in [-0.4, -0.2) is 15.0 Å². The van der Waals surface area contributed by atoms with Crippen molar-refractivity contribution in [3.8, 4) is 11.8 Å². The molecule has 2 aromatic rings. The maximum atomic E-state index is 8.94. The Morgan fingerprint density at radius 1 is 1.47 bits per heavy atom. The fourth-order valence-corrected chi connectivity index (χ4v) is 1.31. The molecule has 5 heteroatoms. The average molecular weight is 199 g/mol. The van der Waals surface area contributed by atoms with Crippen molar-refractivity contribution >= 4 is 5.69 Å². The van der Waals surface area contributed by atoms with Crippen LogP contribution < -0.4 is 5.73 Å². The quantitative estimate of drug-likeness (QED) is 0.695. The molecular weight excluding hydrogens is 190 g/mol. The number of nitrogens with zero attached hydrogens (tertiary/aromatic N) is 4. The third kappa shape index (κ3) is 1.65. The Labute approximate surface area is 86.7 Å². The summed E-state index contributed by atoms with van der Waals surface area (Å²) in [4.78, 5) is 0. The van der Waals surface area contributed by atoms with Gasteiger partial charge in [-0.2, -0.15) is 5.26 Å². The molecular formula is C10H9N5. The van der Waals surface area contributed by atoms with Crippen LogP contribution in [-0.2, 0) is 0 Å². The van der Waals surface area contributed by atoms with Crippen molar-refractivity contribution in [3.05, 3.63) is 35.7 Å². The van der Waals surface area contributed by atoms with Crippen molar-refractivity contribution in [1.82, 2.24) is 15.0 Å². The van der Waals surface area contributed by atoms with Crippen molar-refractivity contribution < 1.29 is 0 Å². The zero-order chi connectivity index (χ0) is 10.8. The Morgan fingerprint density at radius 3 is 2.87 bits per heavy atom. The lowest BCUT2D eigenvalue weighted by Crippen LogP contribution is -1.99. The summed E-state index contributed by atoms with van der Waals surface area (Å²) in [6, 6.07) is 7.17. The molecule has 0 radical (unpaired) electrons. The van der Waals surface area contributed by atoms with Gasteiger partial charge in [-0.15, -0.1) is 5.10 Å². The first-order valence-corrected chi connectivity index (χ1v) is 4.39. The van der Waals surface area contributed by atoms with Gasteiger partial charge in [0.1, 0.15) is 6.07 Å². The molecule has 0 aliphatic heterocycles. The number of nitriles is 1. The first kappa shape index (κ1) is 9.21. The zero-order valence-corrected chi connectivity index (χ0v) is 8.18. The fraction of sp³-hybridized carbons (Fsp3) is 0.100. The smallest absolute Gasteiger partial charge is 0.101 e. The Balaban J connectivity index is 2.58. The number of hydrogen-bond acceptors (Lipinski definition) is 4. The van der Waals surface area contributed by atoms with Crippen LogP contribution in [0.1, 0.15) is 11.3 Å². The number of aromatic nitrogens is 3. The van der Waals surface area contributed by atoms with E-state index in [9.17, 15) is 0 Å². The highest BCUT2D eigenvalue weighted by molar-refractivity contribution is 5.56. The number of benzene rings is 1. The molecule has 0 bridgehead atoms. The second-order valence-corrected chi connectivity index (χ2v) is 3.19. The molecule has 0 aliphatic carbocycles. The molecule has 5 nitrogen and oxygen atoms in total. The molecule has 0 amide bonds. The van der Waals surface area contributed by atoms with Crippen molar-refractivity contribution in [1.29, 1.82) is 5.26 Å². The molecule has 0 aliphatic rings. The van der Waals surface area contributed by atoms with Crippen molar-refractivity contribution in [2.75, 3.05) is 5.73 Å². The predicted molar refractivity (Wildman–Crippen MR) is 55.2 cm³/mol. The lowest BCUT2D eigenvalue weighted by Gasteiger charge is -2.03.